The van der Waals surface area contributed by atoms with Crippen molar-refractivity contribution >= 4 is 11.6 Å². The largest absolute Gasteiger partial charge is 0.310 e. The summed E-state index contributed by atoms with van der Waals surface area (Å²) in [6.07, 6.45) is 6.52. The molecule has 0 amide bonds. The zero-order chi connectivity index (χ0) is 9.73. The Hall–Kier alpha value is 0.250. The highest BCUT2D eigenvalue weighted by Gasteiger charge is 2.26. The fourth-order valence-electron chi connectivity index (χ4n) is 1.68. The van der Waals surface area contributed by atoms with Crippen molar-refractivity contribution in [3.8, 4) is 0 Å². The molecule has 0 bridgehead atoms. The SMILES string of the molecule is CCC(CC)(CCl)NCCC1CC1. The van der Waals surface area contributed by atoms with Gasteiger partial charge in [-0.25, -0.2) is 0 Å². The van der Waals surface area contributed by atoms with Crippen LogP contribution in [-0.2, 0) is 0 Å². The van der Waals surface area contributed by atoms with Gasteiger partial charge in [-0.3, -0.25) is 0 Å². The monoisotopic (exact) mass is 203 g/mol. The van der Waals surface area contributed by atoms with Crippen molar-refractivity contribution in [2.75, 3.05) is 12.4 Å². The molecule has 1 aliphatic carbocycles. The Balaban J connectivity index is 2.19. The Bertz CT molecular complexity index is 131. The molecule has 1 nitrogen and oxygen atoms in total. The molecule has 0 unspecified atom stereocenters. The first kappa shape index (κ1) is 11.3. The summed E-state index contributed by atoms with van der Waals surface area (Å²) in [7, 11) is 0. The van der Waals surface area contributed by atoms with Gasteiger partial charge >= 0.3 is 0 Å². The minimum atomic E-state index is 0.205. The van der Waals surface area contributed by atoms with Crippen LogP contribution in [0.5, 0.6) is 0 Å². The van der Waals surface area contributed by atoms with Gasteiger partial charge in [0.2, 0.25) is 0 Å². The van der Waals surface area contributed by atoms with Gasteiger partial charge in [-0.15, -0.1) is 11.6 Å². The van der Waals surface area contributed by atoms with Crippen molar-refractivity contribution in [3.05, 3.63) is 0 Å². The van der Waals surface area contributed by atoms with Crippen LogP contribution in [0, 0.1) is 5.92 Å². The molecule has 0 radical (unpaired) electrons. The standard InChI is InChI=1S/C11H22ClN/c1-3-11(4-2,9-12)13-8-7-10-5-6-10/h10,13H,3-9H2,1-2H3. The first-order chi connectivity index (χ1) is 6.26. The minimum absolute atomic E-state index is 0.205. The average Bonchev–Trinajstić information content (AvgIpc) is 2.97. The molecule has 1 saturated carbocycles. The molecule has 1 fully saturated rings. The van der Waals surface area contributed by atoms with Gasteiger partial charge in [0.15, 0.2) is 0 Å². The second-order valence-corrected chi connectivity index (χ2v) is 4.55. The lowest BCUT2D eigenvalue weighted by Gasteiger charge is -2.30. The molecular weight excluding hydrogens is 182 g/mol. The van der Waals surface area contributed by atoms with Crippen LogP contribution in [0.15, 0.2) is 0 Å². The highest BCUT2D eigenvalue weighted by molar-refractivity contribution is 6.18. The molecule has 78 valence electrons. The Morgan fingerprint density at radius 1 is 1.31 bits per heavy atom. The van der Waals surface area contributed by atoms with Crippen LogP contribution >= 0.6 is 11.6 Å². The van der Waals surface area contributed by atoms with E-state index in [1.807, 2.05) is 0 Å². The molecular formula is C11H22ClN. The van der Waals surface area contributed by atoms with Gasteiger partial charge in [0.05, 0.1) is 0 Å². The normalized spacial score (nSPS) is 17.8. The van der Waals surface area contributed by atoms with E-state index in [1.54, 1.807) is 0 Å². The zero-order valence-corrected chi connectivity index (χ0v) is 9.66. The van der Waals surface area contributed by atoms with Crippen LogP contribution < -0.4 is 5.32 Å². The third-order valence-electron chi connectivity index (χ3n) is 3.36. The van der Waals surface area contributed by atoms with Crippen LogP contribution in [0.1, 0.15) is 46.0 Å². The van der Waals surface area contributed by atoms with Crippen LogP contribution in [0.4, 0.5) is 0 Å². The van der Waals surface area contributed by atoms with E-state index in [2.05, 4.69) is 19.2 Å². The third kappa shape index (κ3) is 3.47. The predicted octanol–water partition coefficient (Wildman–Crippen LogP) is 3.17. The predicted molar refractivity (Wildman–Crippen MR) is 59.4 cm³/mol. The lowest BCUT2D eigenvalue weighted by atomic mass is 9.95. The number of rotatable bonds is 7. The molecule has 0 atom stereocenters. The average molecular weight is 204 g/mol. The van der Waals surface area contributed by atoms with Crippen LogP contribution in [-0.4, -0.2) is 18.0 Å². The van der Waals surface area contributed by atoms with Gasteiger partial charge in [-0.2, -0.15) is 0 Å². The van der Waals surface area contributed by atoms with Gasteiger partial charge in [-0.1, -0.05) is 26.7 Å². The van der Waals surface area contributed by atoms with Gasteiger partial charge in [0.25, 0.3) is 0 Å². The van der Waals surface area contributed by atoms with Gasteiger partial charge in [0, 0.05) is 11.4 Å². The summed E-state index contributed by atoms with van der Waals surface area (Å²) in [6, 6.07) is 0. The van der Waals surface area contributed by atoms with Gasteiger partial charge < -0.3 is 5.32 Å². The number of nitrogens with one attached hydrogen (secondary N) is 1. The summed E-state index contributed by atoms with van der Waals surface area (Å²) < 4.78 is 0. The maximum Gasteiger partial charge on any atom is 0.0405 e. The Morgan fingerprint density at radius 2 is 1.92 bits per heavy atom. The Morgan fingerprint density at radius 3 is 2.31 bits per heavy atom. The van der Waals surface area contributed by atoms with Crippen molar-refractivity contribution in [1.82, 2.24) is 5.32 Å². The molecule has 0 spiro atoms. The summed E-state index contributed by atoms with van der Waals surface area (Å²) in [4.78, 5) is 0. The maximum absolute atomic E-state index is 5.99. The third-order valence-corrected chi connectivity index (χ3v) is 3.87. The van der Waals surface area contributed by atoms with Crippen LogP contribution in [0.3, 0.4) is 0 Å². The van der Waals surface area contributed by atoms with Crippen molar-refractivity contribution in [3.63, 3.8) is 0 Å². The highest BCUT2D eigenvalue weighted by atomic mass is 35.5. The second kappa shape index (κ2) is 5.21. The second-order valence-electron chi connectivity index (χ2n) is 4.28. The number of alkyl halides is 1. The molecule has 1 rings (SSSR count). The molecule has 0 saturated heterocycles. The first-order valence-electron chi connectivity index (χ1n) is 5.57. The van der Waals surface area contributed by atoms with Crippen LogP contribution in [0.25, 0.3) is 0 Å². The van der Waals surface area contributed by atoms with E-state index >= 15 is 0 Å². The lowest BCUT2D eigenvalue weighted by molar-refractivity contribution is 0.332. The van der Waals surface area contributed by atoms with Gasteiger partial charge in [-0.05, 0) is 31.7 Å². The van der Waals surface area contributed by atoms with Crippen LogP contribution in [0.2, 0.25) is 0 Å². The summed E-state index contributed by atoms with van der Waals surface area (Å²) in [5.74, 6) is 1.76. The fraction of sp³-hybridized carbons (Fsp3) is 1.00. The fourth-order valence-corrected chi connectivity index (χ4v) is 2.16. The number of halogens is 1. The number of hydrogen-bond acceptors (Lipinski definition) is 1. The van der Waals surface area contributed by atoms with E-state index < -0.39 is 0 Å². The molecule has 2 heteroatoms. The molecule has 0 aromatic heterocycles. The van der Waals surface area contributed by atoms with Crippen molar-refractivity contribution in [1.29, 1.82) is 0 Å². The quantitative estimate of drug-likeness (QED) is 0.627. The summed E-state index contributed by atoms with van der Waals surface area (Å²) in [5.41, 5.74) is 0.205. The van der Waals surface area contributed by atoms with Crippen molar-refractivity contribution in [2.24, 2.45) is 5.92 Å². The summed E-state index contributed by atoms with van der Waals surface area (Å²) >= 11 is 5.99. The van der Waals surface area contributed by atoms with E-state index in [4.69, 9.17) is 11.6 Å². The molecule has 0 aliphatic heterocycles. The summed E-state index contributed by atoms with van der Waals surface area (Å²) in [6.45, 7) is 5.59. The molecule has 0 aromatic rings. The van der Waals surface area contributed by atoms with Crippen molar-refractivity contribution < 1.29 is 0 Å². The summed E-state index contributed by atoms with van der Waals surface area (Å²) in [5, 5.41) is 3.62. The minimum Gasteiger partial charge on any atom is -0.310 e. The topological polar surface area (TPSA) is 12.0 Å². The molecule has 0 aromatic carbocycles. The lowest BCUT2D eigenvalue weighted by Crippen LogP contribution is -2.46. The molecule has 0 heterocycles. The van der Waals surface area contributed by atoms with Crippen molar-refractivity contribution in [2.45, 2.75) is 51.5 Å². The number of hydrogen-bond donors (Lipinski definition) is 1. The Kier molecular flexibility index (Phi) is 4.54. The van der Waals surface area contributed by atoms with E-state index in [0.29, 0.717) is 0 Å². The van der Waals surface area contributed by atoms with E-state index in [-0.39, 0.29) is 5.54 Å². The molecule has 1 N–H and O–H groups in total. The highest BCUT2D eigenvalue weighted by Crippen LogP contribution is 2.32. The van der Waals surface area contributed by atoms with E-state index in [0.717, 1.165) is 31.2 Å². The molecule has 1 aliphatic rings. The Labute approximate surface area is 87.2 Å². The smallest absolute Gasteiger partial charge is 0.0405 e. The van der Waals surface area contributed by atoms with E-state index in [9.17, 15) is 0 Å². The van der Waals surface area contributed by atoms with E-state index in [1.165, 1.54) is 19.3 Å². The maximum atomic E-state index is 5.99. The molecule has 13 heavy (non-hydrogen) atoms. The first-order valence-corrected chi connectivity index (χ1v) is 6.10. The van der Waals surface area contributed by atoms with Gasteiger partial charge in [0.1, 0.15) is 0 Å². The zero-order valence-electron chi connectivity index (χ0n) is 8.91.